The van der Waals surface area contributed by atoms with Crippen LogP contribution in [0.1, 0.15) is 5.56 Å². The van der Waals surface area contributed by atoms with Crippen molar-refractivity contribution < 1.29 is 14.2 Å². The van der Waals surface area contributed by atoms with E-state index >= 15 is 0 Å². The average molecular weight is 217 g/mol. The summed E-state index contributed by atoms with van der Waals surface area (Å²) in [5.41, 5.74) is 1.36. The van der Waals surface area contributed by atoms with Crippen molar-refractivity contribution in [2.45, 2.75) is 0 Å². The van der Waals surface area contributed by atoms with Crippen molar-refractivity contribution in [1.82, 2.24) is 0 Å². The van der Waals surface area contributed by atoms with Gasteiger partial charge >= 0.3 is 0 Å². The van der Waals surface area contributed by atoms with Crippen LogP contribution in [0.2, 0.25) is 0 Å². The summed E-state index contributed by atoms with van der Waals surface area (Å²) in [6.07, 6.45) is 1.77. The standard InChI is InChI=1S/C12H11NO3/c1-14-9-4-11(15-2)10-3-8(6-13)7-16-12(10)5-9/h3-5H,7H2,1-2H3. The molecule has 0 aromatic heterocycles. The molecule has 0 fully saturated rings. The molecule has 1 aliphatic heterocycles. The first-order chi connectivity index (χ1) is 7.78. The number of fused-ring (bicyclic) bond motifs is 1. The number of nitrogens with zero attached hydrogens (tertiary/aromatic N) is 1. The Morgan fingerprint density at radius 1 is 1.31 bits per heavy atom. The van der Waals surface area contributed by atoms with Gasteiger partial charge in [-0.3, -0.25) is 0 Å². The van der Waals surface area contributed by atoms with E-state index in [-0.39, 0.29) is 0 Å². The van der Waals surface area contributed by atoms with E-state index in [1.54, 1.807) is 32.4 Å². The summed E-state index contributed by atoms with van der Waals surface area (Å²) in [6, 6.07) is 5.62. The van der Waals surface area contributed by atoms with Gasteiger partial charge in [0.15, 0.2) is 0 Å². The van der Waals surface area contributed by atoms with Crippen LogP contribution < -0.4 is 14.2 Å². The number of rotatable bonds is 2. The third-order valence-corrected chi connectivity index (χ3v) is 2.38. The van der Waals surface area contributed by atoms with Gasteiger partial charge in [0.2, 0.25) is 0 Å². The Kier molecular flexibility index (Phi) is 2.69. The SMILES string of the molecule is COc1cc(OC)c2c(c1)OCC(C#N)=C2. The van der Waals surface area contributed by atoms with Crippen molar-refractivity contribution in [3.63, 3.8) is 0 Å². The Hall–Kier alpha value is -2.15. The summed E-state index contributed by atoms with van der Waals surface area (Å²) in [4.78, 5) is 0. The van der Waals surface area contributed by atoms with Crippen LogP contribution in [0.3, 0.4) is 0 Å². The quantitative estimate of drug-likeness (QED) is 0.760. The van der Waals surface area contributed by atoms with Gasteiger partial charge in [0.05, 0.1) is 31.4 Å². The van der Waals surface area contributed by atoms with Crippen LogP contribution in [0, 0.1) is 11.3 Å². The van der Waals surface area contributed by atoms with Gasteiger partial charge in [0.1, 0.15) is 23.9 Å². The number of ether oxygens (including phenoxy) is 3. The van der Waals surface area contributed by atoms with Crippen LogP contribution in [0.25, 0.3) is 6.08 Å². The number of benzene rings is 1. The zero-order valence-electron chi connectivity index (χ0n) is 9.11. The summed E-state index contributed by atoms with van der Waals surface area (Å²) in [5, 5.41) is 8.82. The fourth-order valence-corrected chi connectivity index (χ4v) is 1.56. The lowest BCUT2D eigenvalue weighted by molar-refractivity contribution is 0.338. The van der Waals surface area contributed by atoms with Gasteiger partial charge in [-0.2, -0.15) is 5.26 Å². The highest BCUT2D eigenvalue weighted by atomic mass is 16.5. The van der Waals surface area contributed by atoms with Crippen molar-refractivity contribution in [3.05, 3.63) is 23.3 Å². The molecule has 0 spiro atoms. The lowest BCUT2D eigenvalue weighted by atomic mass is 10.1. The second-order valence-corrected chi connectivity index (χ2v) is 3.31. The minimum atomic E-state index is 0.291. The van der Waals surface area contributed by atoms with Crippen molar-refractivity contribution in [3.8, 4) is 23.3 Å². The molecular weight excluding hydrogens is 206 g/mol. The van der Waals surface area contributed by atoms with Crippen LogP contribution in [0.5, 0.6) is 17.2 Å². The molecule has 2 rings (SSSR count). The second kappa shape index (κ2) is 4.15. The van der Waals surface area contributed by atoms with Crippen LogP contribution in [0.4, 0.5) is 0 Å². The first kappa shape index (κ1) is 10.4. The van der Waals surface area contributed by atoms with Gasteiger partial charge in [-0.05, 0) is 6.08 Å². The maximum absolute atomic E-state index is 8.82. The smallest absolute Gasteiger partial charge is 0.134 e. The summed E-state index contributed by atoms with van der Waals surface area (Å²) in [5.74, 6) is 1.99. The second-order valence-electron chi connectivity index (χ2n) is 3.31. The maximum Gasteiger partial charge on any atom is 0.134 e. The van der Waals surface area contributed by atoms with E-state index in [9.17, 15) is 0 Å². The van der Waals surface area contributed by atoms with Gasteiger partial charge < -0.3 is 14.2 Å². The van der Waals surface area contributed by atoms with Crippen molar-refractivity contribution in [2.75, 3.05) is 20.8 Å². The van der Waals surface area contributed by atoms with Crippen LogP contribution in [-0.2, 0) is 0 Å². The molecule has 4 nitrogen and oxygen atoms in total. The van der Waals surface area contributed by atoms with Gasteiger partial charge in [-0.15, -0.1) is 0 Å². The molecule has 0 saturated heterocycles. The maximum atomic E-state index is 8.82. The van der Waals surface area contributed by atoms with Gasteiger partial charge in [0, 0.05) is 12.1 Å². The molecule has 16 heavy (non-hydrogen) atoms. The molecule has 0 saturated carbocycles. The molecule has 4 heteroatoms. The molecule has 0 aliphatic carbocycles. The van der Waals surface area contributed by atoms with E-state index in [1.165, 1.54) is 0 Å². The normalized spacial score (nSPS) is 12.9. The van der Waals surface area contributed by atoms with E-state index in [1.807, 2.05) is 0 Å². The van der Waals surface area contributed by atoms with Crippen molar-refractivity contribution >= 4 is 6.08 Å². The predicted molar refractivity (Wildman–Crippen MR) is 58.6 cm³/mol. The number of hydrogen-bond donors (Lipinski definition) is 0. The Labute approximate surface area is 93.7 Å². The number of hydrogen-bond acceptors (Lipinski definition) is 4. The summed E-state index contributed by atoms with van der Waals surface area (Å²) in [6.45, 7) is 0.291. The Bertz CT molecular complexity index is 486. The van der Waals surface area contributed by atoms with Crippen molar-refractivity contribution in [2.24, 2.45) is 0 Å². The van der Waals surface area contributed by atoms with E-state index in [4.69, 9.17) is 19.5 Å². The Morgan fingerprint density at radius 3 is 2.75 bits per heavy atom. The minimum Gasteiger partial charge on any atom is -0.496 e. The van der Waals surface area contributed by atoms with Gasteiger partial charge in [0.25, 0.3) is 0 Å². The molecule has 1 heterocycles. The van der Waals surface area contributed by atoms with Crippen LogP contribution in [0.15, 0.2) is 17.7 Å². The topological polar surface area (TPSA) is 51.5 Å². The molecule has 1 aliphatic rings. The molecule has 0 radical (unpaired) electrons. The number of nitriles is 1. The van der Waals surface area contributed by atoms with E-state index in [0.717, 1.165) is 5.56 Å². The largest absolute Gasteiger partial charge is 0.496 e. The first-order valence-electron chi connectivity index (χ1n) is 4.78. The molecule has 0 unspecified atom stereocenters. The zero-order valence-corrected chi connectivity index (χ0v) is 9.11. The van der Waals surface area contributed by atoms with Crippen molar-refractivity contribution in [1.29, 1.82) is 5.26 Å². The summed E-state index contributed by atoms with van der Waals surface area (Å²) >= 11 is 0. The molecule has 0 amide bonds. The molecule has 1 aromatic carbocycles. The Morgan fingerprint density at radius 2 is 2.12 bits per heavy atom. The Balaban J connectivity index is 2.56. The predicted octanol–water partition coefficient (Wildman–Crippen LogP) is 2.00. The monoisotopic (exact) mass is 217 g/mol. The molecule has 0 atom stereocenters. The van der Waals surface area contributed by atoms with E-state index < -0.39 is 0 Å². The lowest BCUT2D eigenvalue weighted by Crippen LogP contribution is -2.07. The zero-order chi connectivity index (χ0) is 11.5. The van der Waals surface area contributed by atoms with Crippen LogP contribution >= 0.6 is 0 Å². The van der Waals surface area contributed by atoms with Gasteiger partial charge in [-0.1, -0.05) is 0 Å². The molecule has 0 bridgehead atoms. The van der Waals surface area contributed by atoms with E-state index in [2.05, 4.69) is 6.07 Å². The highest BCUT2D eigenvalue weighted by Gasteiger charge is 2.17. The first-order valence-corrected chi connectivity index (χ1v) is 4.78. The van der Waals surface area contributed by atoms with E-state index in [0.29, 0.717) is 29.4 Å². The molecular formula is C12H11NO3. The number of methoxy groups -OCH3 is 2. The molecule has 0 N–H and O–H groups in total. The highest BCUT2D eigenvalue weighted by molar-refractivity contribution is 5.71. The van der Waals surface area contributed by atoms with Crippen LogP contribution in [-0.4, -0.2) is 20.8 Å². The molecule has 82 valence electrons. The fraction of sp³-hybridized carbons (Fsp3) is 0.250. The summed E-state index contributed by atoms with van der Waals surface area (Å²) < 4.78 is 15.8. The third kappa shape index (κ3) is 1.68. The third-order valence-electron chi connectivity index (χ3n) is 2.38. The van der Waals surface area contributed by atoms with Gasteiger partial charge in [-0.25, -0.2) is 0 Å². The summed E-state index contributed by atoms with van der Waals surface area (Å²) in [7, 11) is 3.16. The lowest BCUT2D eigenvalue weighted by Gasteiger charge is -2.18. The highest BCUT2D eigenvalue weighted by Crippen LogP contribution is 2.37. The fourth-order valence-electron chi connectivity index (χ4n) is 1.56. The molecule has 1 aromatic rings. The average Bonchev–Trinajstić information content (AvgIpc) is 2.36. The minimum absolute atomic E-state index is 0.291.